The number of amides is 1. The van der Waals surface area contributed by atoms with Gasteiger partial charge in [0.1, 0.15) is 11.5 Å². The molecule has 0 radical (unpaired) electrons. The number of esters is 1. The minimum Gasteiger partial charge on any atom is -0.461 e. The van der Waals surface area contributed by atoms with Crippen molar-refractivity contribution in [2.45, 2.75) is 12.8 Å². The molecule has 2 aromatic carbocycles. The van der Waals surface area contributed by atoms with Crippen molar-refractivity contribution in [3.05, 3.63) is 78.1 Å². The second kappa shape index (κ2) is 9.19. The molecule has 3 rings (SSSR count). The molecule has 140 valence electrons. The van der Waals surface area contributed by atoms with Gasteiger partial charge < -0.3 is 14.5 Å². The van der Waals surface area contributed by atoms with Crippen molar-refractivity contribution in [3.8, 4) is 17.4 Å². The number of nitrogens with one attached hydrogen (secondary N) is 1. The summed E-state index contributed by atoms with van der Waals surface area (Å²) in [5.41, 5.74) is 2.00. The maximum absolute atomic E-state index is 11.9. The molecule has 6 heteroatoms. The van der Waals surface area contributed by atoms with Gasteiger partial charge in [-0.1, -0.05) is 30.3 Å². The van der Waals surface area contributed by atoms with Crippen LogP contribution in [0.3, 0.4) is 0 Å². The van der Waals surface area contributed by atoms with E-state index >= 15 is 0 Å². The molecule has 0 aliphatic carbocycles. The van der Waals surface area contributed by atoms with Gasteiger partial charge in [-0.25, -0.2) is 0 Å². The number of aryl methyl sites for hydroxylation is 1. The van der Waals surface area contributed by atoms with Crippen LogP contribution >= 0.6 is 0 Å². The smallest absolute Gasteiger partial charge is 0.306 e. The fourth-order valence-electron chi connectivity index (χ4n) is 2.54. The van der Waals surface area contributed by atoms with Crippen molar-refractivity contribution in [1.29, 1.82) is 5.26 Å². The van der Waals surface area contributed by atoms with E-state index in [1.165, 1.54) is 0 Å². The van der Waals surface area contributed by atoms with E-state index < -0.39 is 11.9 Å². The predicted octanol–water partition coefficient (Wildman–Crippen LogP) is 3.93. The lowest BCUT2D eigenvalue weighted by Crippen LogP contribution is -2.21. The Kier molecular flexibility index (Phi) is 6.21. The van der Waals surface area contributed by atoms with Crippen LogP contribution in [-0.2, 0) is 20.7 Å². The number of benzene rings is 2. The third-order valence-electron chi connectivity index (χ3n) is 3.96. The third-order valence-corrected chi connectivity index (χ3v) is 3.96. The topological polar surface area (TPSA) is 92.3 Å². The summed E-state index contributed by atoms with van der Waals surface area (Å²) in [7, 11) is 0. The van der Waals surface area contributed by atoms with E-state index in [9.17, 15) is 9.59 Å². The van der Waals surface area contributed by atoms with E-state index in [0.717, 1.165) is 11.3 Å². The molecule has 6 nitrogen and oxygen atoms in total. The maximum Gasteiger partial charge on any atom is 0.306 e. The Morgan fingerprint density at radius 2 is 1.75 bits per heavy atom. The normalized spacial score (nSPS) is 10.1. The second-order valence-electron chi connectivity index (χ2n) is 6.03. The number of hydrogen-bond acceptors (Lipinski definition) is 5. The van der Waals surface area contributed by atoms with E-state index in [1.54, 1.807) is 24.3 Å². The molecule has 0 atom stereocenters. The van der Waals surface area contributed by atoms with Crippen LogP contribution in [0.2, 0.25) is 0 Å². The Hall–Kier alpha value is -3.85. The first-order valence-electron chi connectivity index (χ1n) is 8.74. The minimum absolute atomic E-state index is 0.117. The van der Waals surface area contributed by atoms with Crippen LogP contribution in [0.4, 0.5) is 5.69 Å². The van der Waals surface area contributed by atoms with Crippen molar-refractivity contribution in [2.24, 2.45) is 0 Å². The SMILES string of the molecule is N#Cc1ccc(NC(=O)COC(=O)CCc2ccc(-c3ccccc3)o2)cc1. The zero-order valence-corrected chi connectivity index (χ0v) is 15.1. The monoisotopic (exact) mass is 374 g/mol. The molecule has 0 aliphatic rings. The van der Waals surface area contributed by atoms with Gasteiger partial charge in [-0.15, -0.1) is 0 Å². The number of ether oxygens (including phenoxy) is 1. The van der Waals surface area contributed by atoms with Crippen LogP contribution in [0.25, 0.3) is 11.3 Å². The first-order chi connectivity index (χ1) is 13.6. The van der Waals surface area contributed by atoms with Crippen LogP contribution < -0.4 is 5.32 Å². The van der Waals surface area contributed by atoms with Gasteiger partial charge >= 0.3 is 5.97 Å². The minimum atomic E-state index is -0.479. The van der Waals surface area contributed by atoms with Crippen molar-refractivity contribution < 1.29 is 18.7 Å². The van der Waals surface area contributed by atoms with Crippen LogP contribution in [0, 0.1) is 11.3 Å². The largest absolute Gasteiger partial charge is 0.461 e. The van der Waals surface area contributed by atoms with E-state index in [1.807, 2.05) is 48.5 Å². The lowest BCUT2D eigenvalue weighted by atomic mass is 10.2. The summed E-state index contributed by atoms with van der Waals surface area (Å²) in [6.07, 6.45) is 0.509. The highest BCUT2D eigenvalue weighted by Crippen LogP contribution is 2.22. The van der Waals surface area contributed by atoms with Gasteiger partial charge in [0.25, 0.3) is 5.91 Å². The number of hydrogen-bond donors (Lipinski definition) is 1. The van der Waals surface area contributed by atoms with Gasteiger partial charge in [0.05, 0.1) is 18.1 Å². The number of rotatable bonds is 7. The summed E-state index contributed by atoms with van der Waals surface area (Å²) in [5.74, 6) is 0.499. The lowest BCUT2D eigenvalue weighted by Gasteiger charge is -2.06. The summed E-state index contributed by atoms with van der Waals surface area (Å²) in [5, 5.41) is 11.3. The quantitative estimate of drug-likeness (QED) is 0.633. The standard InChI is InChI=1S/C22H18N2O4/c23-14-16-6-8-18(9-7-16)24-21(25)15-27-22(26)13-11-19-10-12-20(28-19)17-4-2-1-3-5-17/h1-10,12H,11,13,15H2,(H,24,25). The summed E-state index contributed by atoms with van der Waals surface area (Å²) in [6.45, 7) is -0.369. The molecule has 0 bridgehead atoms. The molecule has 3 aromatic rings. The Bertz CT molecular complexity index is 985. The van der Waals surface area contributed by atoms with Gasteiger partial charge in [-0.2, -0.15) is 5.26 Å². The average molecular weight is 374 g/mol. The Balaban J connectivity index is 1.41. The number of anilines is 1. The molecule has 0 fully saturated rings. The molecule has 1 N–H and O–H groups in total. The molecule has 0 saturated heterocycles. The number of carbonyl (C=O) groups excluding carboxylic acids is 2. The van der Waals surface area contributed by atoms with E-state index in [-0.39, 0.29) is 13.0 Å². The molecule has 28 heavy (non-hydrogen) atoms. The predicted molar refractivity (Wildman–Crippen MR) is 103 cm³/mol. The van der Waals surface area contributed by atoms with Crippen LogP contribution in [-0.4, -0.2) is 18.5 Å². The number of nitriles is 1. The highest BCUT2D eigenvalue weighted by molar-refractivity contribution is 5.92. The fraction of sp³-hybridized carbons (Fsp3) is 0.136. The van der Waals surface area contributed by atoms with Crippen molar-refractivity contribution in [3.63, 3.8) is 0 Å². The number of carbonyl (C=O) groups is 2. The first kappa shape index (κ1) is 18.9. The van der Waals surface area contributed by atoms with Crippen LogP contribution in [0.1, 0.15) is 17.7 Å². The summed E-state index contributed by atoms with van der Waals surface area (Å²) >= 11 is 0. The summed E-state index contributed by atoms with van der Waals surface area (Å²) in [6, 6.07) is 21.8. The van der Waals surface area contributed by atoms with Gasteiger partial charge in [0, 0.05) is 17.7 Å². The molecule has 1 amide bonds. The van der Waals surface area contributed by atoms with Crippen LogP contribution in [0.15, 0.2) is 71.1 Å². The average Bonchev–Trinajstić information content (AvgIpc) is 3.21. The molecule has 1 heterocycles. The molecule has 0 unspecified atom stereocenters. The third kappa shape index (κ3) is 5.32. The Morgan fingerprint density at radius 1 is 1.00 bits per heavy atom. The summed E-state index contributed by atoms with van der Waals surface area (Å²) in [4.78, 5) is 23.7. The molecular formula is C22H18N2O4. The zero-order chi connectivity index (χ0) is 19.8. The number of nitrogens with zero attached hydrogens (tertiary/aromatic N) is 1. The molecule has 0 saturated carbocycles. The Morgan fingerprint density at radius 3 is 2.46 bits per heavy atom. The van der Waals surface area contributed by atoms with Gasteiger partial charge in [-0.3, -0.25) is 9.59 Å². The van der Waals surface area contributed by atoms with Gasteiger partial charge in [-0.05, 0) is 36.4 Å². The van der Waals surface area contributed by atoms with Crippen LogP contribution in [0.5, 0.6) is 0 Å². The number of furan rings is 1. The van der Waals surface area contributed by atoms with Gasteiger partial charge in [0.2, 0.25) is 0 Å². The molecular weight excluding hydrogens is 356 g/mol. The van der Waals surface area contributed by atoms with E-state index in [4.69, 9.17) is 14.4 Å². The maximum atomic E-state index is 11.9. The van der Waals surface area contributed by atoms with Crippen molar-refractivity contribution in [1.82, 2.24) is 0 Å². The van der Waals surface area contributed by atoms with Gasteiger partial charge in [0.15, 0.2) is 6.61 Å². The molecule has 1 aromatic heterocycles. The van der Waals surface area contributed by atoms with Crippen molar-refractivity contribution in [2.75, 3.05) is 11.9 Å². The van der Waals surface area contributed by atoms with E-state index in [0.29, 0.717) is 23.4 Å². The molecule has 0 spiro atoms. The molecule has 0 aliphatic heterocycles. The Labute approximate surface area is 162 Å². The first-order valence-corrected chi connectivity index (χ1v) is 8.74. The van der Waals surface area contributed by atoms with E-state index in [2.05, 4.69) is 5.32 Å². The highest BCUT2D eigenvalue weighted by Gasteiger charge is 2.11. The highest BCUT2D eigenvalue weighted by atomic mass is 16.5. The second-order valence-corrected chi connectivity index (χ2v) is 6.03. The summed E-state index contributed by atoms with van der Waals surface area (Å²) < 4.78 is 10.7. The zero-order valence-electron chi connectivity index (χ0n) is 15.1. The van der Waals surface area contributed by atoms with Crippen molar-refractivity contribution >= 4 is 17.6 Å². The fourth-order valence-corrected chi connectivity index (χ4v) is 2.54. The lowest BCUT2D eigenvalue weighted by molar-refractivity contribution is -0.147.